The van der Waals surface area contributed by atoms with E-state index in [4.69, 9.17) is 4.98 Å². The maximum absolute atomic E-state index is 14.8. The van der Waals surface area contributed by atoms with Crippen LogP contribution in [0.1, 0.15) is 37.0 Å². The van der Waals surface area contributed by atoms with Gasteiger partial charge in [-0.15, -0.1) is 11.3 Å². The van der Waals surface area contributed by atoms with Gasteiger partial charge in [-0.05, 0) is 43.2 Å². The lowest BCUT2D eigenvalue weighted by Crippen LogP contribution is -2.48. The minimum absolute atomic E-state index is 0.137. The highest BCUT2D eigenvalue weighted by atomic mass is 32.2. The second-order valence-electron chi connectivity index (χ2n) is 6.84. The molecule has 31 heavy (non-hydrogen) atoms. The number of benzene rings is 2. The zero-order valence-electron chi connectivity index (χ0n) is 17.1. The molecule has 3 rings (SSSR count). The predicted octanol–water partition coefficient (Wildman–Crippen LogP) is 4.30. The number of thiazole rings is 1. The molecule has 0 saturated carbocycles. The predicted molar refractivity (Wildman–Crippen MR) is 118 cm³/mol. The van der Waals surface area contributed by atoms with Gasteiger partial charge in [0.1, 0.15) is 27.7 Å². The number of nitrogens with one attached hydrogen (secondary N) is 1. The fourth-order valence-electron chi connectivity index (χ4n) is 3.34. The van der Waals surface area contributed by atoms with Crippen LogP contribution in [0.3, 0.4) is 0 Å². The SMILES string of the molecule is CCc1csc([C@](C)(c2ccc(NOS(=O)[O-])cc2)N(C(C)=O)c2ccccc2F)n1. The topological polar surface area (TPSA) is 94.6 Å². The van der Waals surface area contributed by atoms with Crippen molar-refractivity contribution in [2.45, 2.75) is 32.7 Å². The van der Waals surface area contributed by atoms with Gasteiger partial charge in [-0.3, -0.25) is 15.2 Å². The van der Waals surface area contributed by atoms with Crippen LogP contribution in [-0.4, -0.2) is 19.7 Å². The summed E-state index contributed by atoms with van der Waals surface area (Å²) in [5.41, 5.74) is 3.25. The zero-order valence-corrected chi connectivity index (χ0v) is 18.8. The van der Waals surface area contributed by atoms with E-state index in [0.717, 1.165) is 12.1 Å². The smallest absolute Gasteiger partial charge is 0.225 e. The number of aromatic nitrogens is 1. The van der Waals surface area contributed by atoms with Crippen LogP contribution in [0.5, 0.6) is 0 Å². The van der Waals surface area contributed by atoms with E-state index in [1.54, 1.807) is 42.5 Å². The summed E-state index contributed by atoms with van der Waals surface area (Å²) in [6.45, 7) is 5.17. The Hall–Kier alpha value is -2.66. The number of carbonyl (C=O) groups is 1. The van der Waals surface area contributed by atoms with Crippen LogP contribution in [0.15, 0.2) is 53.9 Å². The number of aryl methyl sites for hydroxylation is 1. The summed E-state index contributed by atoms with van der Waals surface area (Å²) in [6, 6.07) is 12.7. The van der Waals surface area contributed by atoms with Gasteiger partial charge < -0.3 is 4.55 Å². The second-order valence-corrected chi connectivity index (χ2v) is 8.28. The molecule has 1 heterocycles. The third kappa shape index (κ3) is 4.82. The number of anilines is 2. The number of hydrogen-bond acceptors (Lipinski definition) is 7. The monoisotopic (exact) mass is 462 g/mol. The molecule has 164 valence electrons. The highest BCUT2D eigenvalue weighted by Crippen LogP contribution is 2.41. The highest BCUT2D eigenvalue weighted by Gasteiger charge is 2.42. The molecule has 3 aromatic rings. The van der Waals surface area contributed by atoms with Gasteiger partial charge in [-0.25, -0.2) is 13.6 Å². The molecule has 2 atom stereocenters. The summed E-state index contributed by atoms with van der Waals surface area (Å²) in [5, 5.41) is 2.54. The molecule has 0 fully saturated rings. The van der Waals surface area contributed by atoms with Crippen LogP contribution in [0.2, 0.25) is 0 Å². The lowest BCUT2D eigenvalue weighted by atomic mass is 9.89. The average Bonchev–Trinajstić information content (AvgIpc) is 3.24. The molecule has 0 spiro atoms. The number of para-hydroxylation sites is 1. The van der Waals surface area contributed by atoms with Gasteiger partial charge in [0.05, 0.1) is 17.1 Å². The number of amides is 1. The van der Waals surface area contributed by atoms with Gasteiger partial charge in [0.2, 0.25) is 5.91 Å². The van der Waals surface area contributed by atoms with Gasteiger partial charge in [-0.2, -0.15) is 4.28 Å². The van der Waals surface area contributed by atoms with Crippen molar-refractivity contribution in [3.05, 3.63) is 76.0 Å². The molecule has 1 unspecified atom stereocenters. The Kier molecular flexibility index (Phi) is 7.16. The van der Waals surface area contributed by atoms with Crippen molar-refractivity contribution in [1.29, 1.82) is 0 Å². The second kappa shape index (κ2) is 9.65. The minimum Gasteiger partial charge on any atom is -0.748 e. The Morgan fingerprint density at radius 2 is 1.97 bits per heavy atom. The van der Waals surface area contributed by atoms with E-state index in [9.17, 15) is 17.9 Å². The molecule has 0 aliphatic carbocycles. The van der Waals surface area contributed by atoms with Crippen LogP contribution < -0.4 is 10.4 Å². The van der Waals surface area contributed by atoms with Gasteiger partial charge in [0.15, 0.2) is 0 Å². The number of rotatable bonds is 8. The Bertz CT molecular complexity index is 1090. The van der Waals surface area contributed by atoms with Crippen molar-refractivity contribution in [2.75, 3.05) is 10.4 Å². The van der Waals surface area contributed by atoms with E-state index in [0.29, 0.717) is 16.3 Å². The molecule has 0 saturated heterocycles. The van der Waals surface area contributed by atoms with E-state index in [1.165, 1.54) is 29.2 Å². The molecular weight excluding hydrogens is 441 g/mol. The van der Waals surface area contributed by atoms with Crippen LogP contribution in [0.25, 0.3) is 0 Å². The number of hydrogen-bond donors (Lipinski definition) is 1. The van der Waals surface area contributed by atoms with Crippen molar-refractivity contribution in [1.82, 2.24) is 4.98 Å². The molecule has 2 aromatic carbocycles. The largest absolute Gasteiger partial charge is 0.748 e. The number of nitrogens with zero attached hydrogens (tertiary/aromatic N) is 2. The van der Waals surface area contributed by atoms with Crippen molar-refractivity contribution in [3.63, 3.8) is 0 Å². The third-order valence-electron chi connectivity index (χ3n) is 4.86. The van der Waals surface area contributed by atoms with Crippen LogP contribution in [0.4, 0.5) is 15.8 Å². The molecule has 0 radical (unpaired) electrons. The first-order chi connectivity index (χ1) is 14.8. The fourth-order valence-corrected chi connectivity index (χ4v) is 4.58. The van der Waals surface area contributed by atoms with Gasteiger partial charge in [0.25, 0.3) is 0 Å². The summed E-state index contributed by atoms with van der Waals surface area (Å²) in [7, 11) is 0. The van der Waals surface area contributed by atoms with Crippen LogP contribution >= 0.6 is 11.3 Å². The summed E-state index contributed by atoms with van der Waals surface area (Å²) >= 11 is -1.33. The number of carbonyl (C=O) groups excluding carboxylic acids is 1. The molecule has 7 nitrogen and oxygen atoms in total. The maximum Gasteiger partial charge on any atom is 0.225 e. The Balaban J connectivity index is 2.16. The summed E-state index contributed by atoms with van der Waals surface area (Å²) in [4.78, 5) is 18.9. The first-order valence-electron chi connectivity index (χ1n) is 9.40. The highest BCUT2D eigenvalue weighted by molar-refractivity contribution is 7.74. The first kappa shape index (κ1) is 23.0. The van der Waals surface area contributed by atoms with Crippen molar-refractivity contribution in [2.24, 2.45) is 0 Å². The van der Waals surface area contributed by atoms with E-state index in [1.807, 2.05) is 19.2 Å². The van der Waals surface area contributed by atoms with Gasteiger partial charge >= 0.3 is 0 Å². The standard InChI is InChI=1S/C21H22FN3O4S2/c1-4-16-13-30-20(23-16)21(3,15-9-11-17(12-10-15)24-29-31(27)28)25(14(2)26)19-8-6-5-7-18(19)22/h5-13,24H,4H2,1-3H3,(H,27,28)/p-1/t21-/m0/s1. The Morgan fingerprint density at radius 3 is 2.52 bits per heavy atom. The fraction of sp³-hybridized carbons (Fsp3) is 0.238. The van der Waals surface area contributed by atoms with E-state index < -0.39 is 22.7 Å². The summed E-state index contributed by atoms with van der Waals surface area (Å²) in [5.74, 6) is -0.881. The number of halogens is 1. The van der Waals surface area contributed by atoms with E-state index in [2.05, 4.69) is 9.76 Å². The van der Waals surface area contributed by atoms with Crippen LogP contribution in [0, 0.1) is 5.82 Å². The quantitative estimate of drug-likeness (QED) is 0.396. The third-order valence-corrected chi connectivity index (χ3v) is 6.18. The molecule has 0 bridgehead atoms. The van der Waals surface area contributed by atoms with Gasteiger partial charge in [0, 0.05) is 12.3 Å². The summed E-state index contributed by atoms with van der Waals surface area (Å²) in [6.07, 6.45) is 0.721. The van der Waals surface area contributed by atoms with E-state index in [-0.39, 0.29) is 11.6 Å². The normalized spacial score (nSPS) is 14.0. The molecule has 1 aromatic heterocycles. The molecule has 1 amide bonds. The van der Waals surface area contributed by atoms with Crippen LogP contribution in [-0.2, 0) is 32.4 Å². The molecule has 10 heteroatoms. The lowest BCUT2D eigenvalue weighted by molar-refractivity contribution is -0.117. The molecular formula is C21H21FN3O4S2-. The maximum atomic E-state index is 14.8. The first-order valence-corrected chi connectivity index (χ1v) is 11.3. The summed E-state index contributed by atoms with van der Waals surface area (Å²) < 4.78 is 40.3. The van der Waals surface area contributed by atoms with Crippen molar-refractivity contribution in [3.8, 4) is 0 Å². The minimum atomic E-state index is -2.72. The Labute approximate surface area is 186 Å². The molecule has 0 aliphatic heterocycles. The van der Waals surface area contributed by atoms with Crippen molar-refractivity contribution < 1.29 is 22.2 Å². The molecule has 0 aliphatic rings. The molecule has 1 N–H and O–H groups in total. The Morgan fingerprint density at radius 1 is 1.29 bits per heavy atom. The zero-order chi connectivity index (χ0) is 22.6. The lowest BCUT2D eigenvalue weighted by Gasteiger charge is -2.40. The van der Waals surface area contributed by atoms with E-state index >= 15 is 0 Å². The van der Waals surface area contributed by atoms with Gasteiger partial charge in [-0.1, -0.05) is 31.2 Å². The van der Waals surface area contributed by atoms with Crippen molar-refractivity contribution >= 4 is 40.0 Å². The average molecular weight is 463 g/mol.